The summed E-state index contributed by atoms with van der Waals surface area (Å²) in [5, 5.41) is 18.5. The van der Waals surface area contributed by atoms with Gasteiger partial charge in [-0.2, -0.15) is 5.10 Å². The molecular weight excluding hydrogens is 400 g/mol. The summed E-state index contributed by atoms with van der Waals surface area (Å²) >= 11 is 0. The minimum absolute atomic E-state index is 0.206. The fourth-order valence-electron chi connectivity index (χ4n) is 4.44. The van der Waals surface area contributed by atoms with Gasteiger partial charge in [-0.3, -0.25) is 4.79 Å². The van der Waals surface area contributed by atoms with Gasteiger partial charge in [0.1, 0.15) is 5.69 Å². The highest BCUT2D eigenvalue weighted by Gasteiger charge is 2.25. The molecule has 6 heteroatoms. The third-order valence-electron chi connectivity index (χ3n) is 6.18. The van der Waals surface area contributed by atoms with Crippen LogP contribution in [0.25, 0.3) is 16.6 Å². The summed E-state index contributed by atoms with van der Waals surface area (Å²) in [6.45, 7) is 0. The van der Waals surface area contributed by atoms with Crippen LogP contribution in [-0.2, 0) is 6.42 Å². The molecule has 2 unspecified atom stereocenters. The summed E-state index contributed by atoms with van der Waals surface area (Å²) in [5.74, 6) is -0.225. The molecule has 1 amide bonds. The van der Waals surface area contributed by atoms with E-state index in [0.717, 1.165) is 53.4 Å². The minimum atomic E-state index is -0.485. The van der Waals surface area contributed by atoms with E-state index < -0.39 is 6.10 Å². The van der Waals surface area contributed by atoms with Crippen molar-refractivity contribution in [1.29, 1.82) is 0 Å². The van der Waals surface area contributed by atoms with Gasteiger partial charge >= 0.3 is 0 Å². The van der Waals surface area contributed by atoms with Gasteiger partial charge in [-0.25, -0.2) is 9.67 Å². The number of amides is 1. The normalized spacial score (nSPS) is 18.5. The number of aliphatic hydroxyl groups is 1. The van der Waals surface area contributed by atoms with Gasteiger partial charge in [-0.1, -0.05) is 43.2 Å². The third-order valence-corrected chi connectivity index (χ3v) is 6.18. The van der Waals surface area contributed by atoms with Crippen molar-refractivity contribution in [2.45, 2.75) is 44.2 Å². The lowest BCUT2D eigenvalue weighted by molar-refractivity contribution is 0.0714. The summed E-state index contributed by atoms with van der Waals surface area (Å²) in [4.78, 5) is 17.6. The van der Waals surface area contributed by atoms with Crippen LogP contribution in [0.4, 0.5) is 0 Å². The summed E-state index contributed by atoms with van der Waals surface area (Å²) in [6.07, 6.45) is 7.44. The largest absolute Gasteiger partial charge is 0.391 e. The quantitative estimate of drug-likeness (QED) is 0.505. The van der Waals surface area contributed by atoms with Gasteiger partial charge in [-0.05, 0) is 60.7 Å². The highest BCUT2D eigenvalue weighted by molar-refractivity contribution is 5.96. The molecule has 2 atom stereocenters. The van der Waals surface area contributed by atoms with Crippen molar-refractivity contribution in [2.24, 2.45) is 0 Å². The lowest BCUT2D eigenvalue weighted by Gasteiger charge is -2.28. The molecule has 0 saturated heterocycles. The molecular formula is C26H26N4O2. The van der Waals surface area contributed by atoms with Crippen molar-refractivity contribution in [3.63, 3.8) is 0 Å². The second-order valence-corrected chi connectivity index (χ2v) is 8.41. The fraction of sp³-hybridized carbons (Fsp3) is 0.269. The zero-order valence-electron chi connectivity index (χ0n) is 17.8. The standard InChI is InChI=1S/C26H26N4O2/c31-25-9-4-3-8-23(25)29-26(32)24-17-19(21-6-1-2-7-22(21)28-24)16-18-10-12-20(13-11-18)30-15-5-14-27-30/h1-2,5-7,10-15,17,23,25,31H,3-4,8-9,16H2,(H,29,32). The Bertz CT molecular complexity index is 1220. The second kappa shape index (κ2) is 8.93. The molecule has 5 rings (SSSR count). The smallest absolute Gasteiger partial charge is 0.270 e. The van der Waals surface area contributed by atoms with Crippen LogP contribution in [0.15, 0.2) is 73.1 Å². The number of nitrogens with zero attached hydrogens (tertiary/aromatic N) is 3. The van der Waals surface area contributed by atoms with Crippen molar-refractivity contribution in [3.8, 4) is 5.69 Å². The number of benzene rings is 2. The number of hydrogen-bond acceptors (Lipinski definition) is 4. The first-order valence-corrected chi connectivity index (χ1v) is 11.1. The molecule has 4 aromatic rings. The van der Waals surface area contributed by atoms with Crippen LogP contribution >= 0.6 is 0 Å². The number of rotatable bonds is 5. The Kier molecular flexibility index (Phi) is 5.69. The van der Waals surface area contributed by atoms with Crippen molar-refractivity contribution in [2.75, 3.05) is 0 Å². The molecule has 1 saturated carbocycles. The van der Waals surface area contributed by atoms with E-state index in [1.165, 1.54) is 0 Å². The van der Waals surface area contributed by atoms with Crippen LogP contribution in [0.3, 0.4) is 0 Å². The lowest BCUT2D eigenvalue weighted by Crippen LogP contribution is -2.45. The lowest BCUT2D eigenvalue weighted by atomic mass is 9.92. The van der Waals surface area contributed by atoms with Gasteiger partial charge in [-0.15, -0.1) is 0 Å². The maximum atomic E-state index is 13.0. The number of carbonyl (C=O) groups excluding carboxylic acids is 1. The first-order chi connectivity index (χ1) is 15.7. The first-order valence-electron chi connectivity index (χ1n) is 11.1. The third kappa shape index (κ3) is 4.27. The Hall–Kier alpha value is -3.51. The number of fused-ring (bicyclic) bond motifs is 1. The second-order valence-electron chi connectivity index (χ2n) is 8.41. The van der Waals surface area contributed by atoms with Crippen LogP contribution in [0.2, 0.25) is 0 Å². The number of aliphatic hydroxyl groups excluding tert-OH is 1. The molecule has 0 aliphatic heterocycles. The average Bonchev–Trinajstić information content (AvgIpc) is 3.36. The minimum Gasteiger partial charge on any atom is -0.391 e. The average molecular weight is 427 g/mol. The van der Waals surface area contributed by atoms with Gasteiger partial charge in [0.2, 0.25) is 0 Å². The monoisotopic (exact) mass is 426 g/mol. The summed E-state index contributed by atoms with van der Waals surface area (Å²) in [7, 11) is 0. The molecule has 0 spiro atoms. The summed E-state index contributed by atoms with van der Waals surface area (Å²) < 4.78 is 1.83. The molecule has 2 heterocycles. The Morgan fingerprint density at radius 1 is 1.06 bits per heavy atom. The SMILES string of the molecule is O=C(NC1CCCCC1O)c1cc(Cc2ccc(-n3cccn3)cc2)c2ccccc2n1. The molecule has 2 aromatic heterocycles. The maximum absolute atomic E-state index is 13.0. The molecule has 1 aliphatic rings. The van der Waals surface area contributed by atoms with Crippen molar-refractivity contribution in [3.05, 3.63) is 89.9 Å². The van der Waals surface area contributed by atoms with Crippen LogP contribution in [0, 0.1) is 0 Å². The fourth-order valence-corrected chi connectivity index (χ4v) is 4.44. The van der Waals surface area contributed by atoms with Crippen LogP contribution in [0.5, 0.6) is 0 Å². The highest BCUT2D eigenvalue weighted by atomic mass is 16.3. The molecule has 32 heavy (non-hydrogen) atoms. The number of nitrogens with one attached hydrogen (secondary N) is 1. The number of hydrogen-bond donors (Lipinski definition) is 2. The Labute approximate surface area is 186 Å². The van der Waals surface area contributed by atoms with Crippen molar-refractivity contribution in [1.82, 2.24) is 20.1 Å². The Balaban J connectivity index is 1.42. The summed E-state index contributed by atoms with van der Waals surface area (Å²) in [5.41, 5.74) is 4.39. The van der Waals surface area contributed by atoms with Gasteiger partial charge in [0.25, 0.3) is 5.91 Å². The van der Waals surface area contributed by atoms with Crippen LogP contribution in [-0.4, -0.2) is 37.9 Å². The molecule has 1 fully saturated rings. The topological polar surface area (TPSA) is 80.0 Å². The van der Waals surface area contributed by atoms with E-state index in [1.807, 2.05) is 59.4 Å². The van der Waals surface area contributed by atoms with Crippen LogP contribution in [0.1, 0.15) is 47.3 Å². The highest BCUT2D eigenvalue weighted by Crippen LogP contribution is 2.23. The van der Waals surface area contributed by atoms with Gasteiger partial charge in [0.05, 0.1) is 23.3 Å². The predicted molar refractivity (Wildman–Crippen MR) is 124 cm³/mol. The summed E-state index contributed by atoms with van der Waals surface area (Å²) in [6, 6.07) is 19.8. The number of carbonyl (C=O) groups is 1. The molecule has 2 aromatic carbocycles. The molecule has 1 aliphatic carbocycles. The van der Waals surface area contributed by atoms with Crippen LogP contribution < -0.4 is 5.32 Å². The maximum Gasteiger partial charge on any atom is 0.270 e. The van der Waals surface area contributed by atoms with E-state index in [1.54, 1.807) is 6.20 Å². The van der Waals surface area contributed by atoms with Gasteiger partial charge in [0.15, 0.2) is 0 Å². The van der Waals surface area contributed by atoms with Gasteiger partial charge in [0, 0.05) is 17.8 Å². The molecule has 6 nitrogen and oxygen atoms in total. The number of pyridine rings is 1. The Morgan fingerprint density at radius 2 is 1.88 bits per heavy atom. The van der Waals surface area contributed by atoms with E-state index in [0.29, 0.717) is 12.1 Å². The van der Waals surface area contributed by atoms with E-state index in [4.69, 9.17) is 0 Å². The van der Waals surface area contributed by atoms with E-state index >= 15 is 0 Å². The predicted octanol–water partition coefficient (Wildman–Crippen LogP) is 4.04. The van der Waals surface area contributed by atoms with E-state index in [2.05, 4.69) is 27.5 Å². The molecule has 0 bridgehead atoms. The van der Waals surface area contributed by atoms with Gasteiger partial charge < -0.3 is 10.4 Å². The Morgan fingerprint density at radius 3 is 2.66 bits per heavy atom. The molecule has 162 valence electrons. The molecule has 0 radical (unpaired) electrons. The number of para-hydroxylation sites is 1. The number of aromatic nitrogens is 3. The zero-order valence-corrected chi connectivity index (χ0v) is 17.8. The first kappa shape index (κ1) is 20.4. The van der Waals surface area contributed by atoms with E-state index in [-0.39, 0.29) is 11.9 Å². The zero-order chi connectivity index (χ0) is 21.9. The molecule has 2 N–H and O–H groups in total. The van der Waals surface area contributed by atoms with E-state index in [9.17, 15) is 9.90 Å². The van der Waals surface area contributed by atoms with Crippen molar-refractivity contribution >= 4 is 16.8 Å². The van der Waals surface area contributed by atoms with Crippen molar-refractivity contribution < 1.29 is 9.90 Å².